The Bertz CT molecular complexity index is 1100. The molecular weight excluding hydrogens is 428 g/mol. The molecule has 168 valence electrons. The highest BCUT2D eigenvalue weighted by Crippen LogP contribution is 2.34. The van der Waals surface area contributed by atoms with E-state index in [-0.39, 0.29) is 24.0 Å². The van der Waals surface area contributed by atoms with E-state index in [1.807, 2.05) is 4.90 Å². The number of hydrogen-bond acceptors (Lipinski definition) is 5. The summed E-state index contributed by atoms with van der Waals surface area (Å²) in [7, 11) is 0. The first-order valence-electron chi connectivity index (χ1n) is 10.1. The molecule has 1 aromatic heterocycles. The van der Waals surface area contributed by atoms with Gasteiger partial charge in [-0.3, -0.25) is 9.69 Å². The van der Waals surface area contributed by atoms with Crippen molar-refractivity contribution in [3.63, 3.8) is 0 Å². The molecule has 1 aliphatic rings. The van der Waals surface area contributed by atoms with Crippen LogP contribution in [0.3, 0.4) is 0 Å². The first-order valence-corrected chi connectivity index (χ1v) is 10.1. The number of benzene rings is 2. The molecule has 0 spiro atoms. The molecule has 2 heterocycles. The second-order valence-electron chi connectivity index (χ2n) is 7.63. The maximum atomic E-state index is 13.4. The number of aromatic nitrogens is 2. The number of rotatable bonds is 5. The first kappa shape index (κ1) is 21.9. The zero-order valence-corrected chi connectivity index (χ0v) is 16.9. The van der Waals surface area contributed by atoms with Gasteiger partial charge in [-0.25, -0.2) is 4.39 Å². The van der Waals surface area contributed by atoms with Gasteiger partial charge >= 0.3 is 6.18 Å². The average Bonchev–Trinajstić information content (AvgIpc) is 3.24. The van der Waals surface area contributed by atoms with Gasteiger partial charge in [-0.15, -0.1) is 0 Å². The third-order valence-corrected chi connectivity index (χ3v) is 5.25. The van der Waals surface area contributed by atoms with E-state index in [0.717, 1.165) is 18.9 Å². The van der Waals surface area contributed by atoms with Crippen LogP contribution in [0.25, 0.3) is 11.4 Å². The zero-order valence-electron chi connectivity index (χ0n) is 16.9. The number of halogens is 4. The molecular formula is C22H20F4N4O2. The fourth-order valence-electron chi connectivity index (χ4n) is 3.78. The molecule has 1 N–H and O–H groups in total. The van der Waals surface area contributed by atoms with E-state index in [2.05, 4.69) is 15.5 Å². The minimum absolute atomic E-state index is 0.0619. The molecule has 1 saturated heterocycles. The maximum Gasteiger partial charge on any atom is 0.418 e. The van der Waals surface area contributed by atoms with E-state index in [0.29, 0.717) is 24.5 Å². The van der Waals surface area contributed by atoms with E-state index in [4.69, 9.17) is 4.52 Å². The molecule has 1 unspecified atom stereocenters. The molecule has 4 rings (SSSR count). The smallest absolute Gasteiger partial charge is 0.339 e. The molecule has 10 heteroatoms. The Balaban J connectivity index is 1.39. The number of alkyl halides is 3. The van der Waals surface area contributed by atoms with Gasteiger partial charge in [-0.1, -0.05) is 29.4 Å². The second kappa shape index (κ2) is 9.07. The van der Waals surface area contributed by atoms with Crippen molar-refractivity contribution in [2.45, 2.75) is 24.9 Å². The molecule has 0 saturated carbocycles. The minimum atomic E-state index is -4.56. The Morgan fingerprint density at radius 2 is 2.00 bits per heavy atom. The van der Waals surface area contributed by atoms with Crippen molar-refractivity contribution < 1.29 is 26.9 Å². The summed E-state index contributed by atoms with van der Waals surface area (Å²) in [4.78, 5) is 18.6. The van der Waals surface area contributed by atoms with Crippen molar-refractivity contribution in [2.75, 3.05) is 25.0 Å². The summed E-state index contributed by atoms with van der Waals surface area (Å²) in [5, 5.41) is 6.28. The summed E-state index contributed by atoms with van der Waals surface area (Å²) < 4.78 is 58.2. The topological polar surface area (TPSA) is 71.3 Å². The van der Waals surface area contributed by atoms with Crippen molar-refractivity contribution in [2.24, 2.45) is 0 Å². The van der Waals surface area contributed by atoms with Crippen LogP contribution in [0.4, 0.5) is 23.2 Å². The molecule has 6 nitrogen and oxygen atoms in total. The lowest BCUT2D eigenvalue weighted by Crippen LogP contribution is -2.40. The van der Waals surface area contributed by atoms with Crippen molar-refractivity contribution in [1.29, 1.82) is 0 Å². The number of likely N-dealkylation sites (tertiary alicyclic amines) is 1. The van der Waals surface area contributed by atoms with Crippen LogP contribution in [0.2, 0.25) is 0 Å². The summed E-state index contributed by atoms with van der Waals surface area (Å²) in [5.74, 6) is -0.409. The summed E-state index contributed by atoms with van der Waals surface area (Å²) in [6, 6.07) is 10.7. The highest BCUT2D eigenvalue weighted by atomic mass is 19.4. The van der Waals surface area contributed by atoms with Crippen molar-refractivity contribution >= 4 is 11.6 Å². The fraction of sp³-hybridized carbons (Fsp3) is 0.318. The number of amides is 1. The lowest BCUT2D eigenvalue weighted by molar-refractivity contribution is -0.137. The van der Waals surface area contributed by atoms with E-state index in [9.17, 15) is 22.4 Å². The molecule has 0 aliphatic carbocycles. The molecule has 1 amide bonds. The standard InChI is InChI=1S/C22H20F4N4O2/c23-16-7-3-5-14(11-16)20-28-21(32-29-20)15-6-4-10-30(12-15)13-19(31)27-18-9-2-1-8-17(18)22(24,25)26/h1-3,5,7-9,11,15H,4,6,10,12-13H2,(H,27,31). The van der Waals surface area contributed by atoms with Gasteiger partial charge in [0.15, 0.2) is 0 Å². The zero-order chi connectivity index (χ0) is 22.7. The molecule has 1 atom stereocenters. The van der Waals surface area contributed by atoms with Gasteiger partial charge in [0, 0.05) is 12.1 Å². The number of nitrogens with zero attached hydrogens (tertiary/aromatic N) is 3. The van der Waals surface area contributed by atoms with Gasteiger partial charge in [-0.2, -0.15) is 18.2 Å². The van der Waals surface area contributed by atoms with Crippen molar-refractivity contribution in [3.05, 3.63) is 65.8 Å². The van der Waals surface area contributed by atoms with Crippen molar-refractivity contribution in [1.82, 2.24) is 15.0 Å². The summed E-state index contributed by atoms with van der Waals surface area (Å²) >= 11 is 0. The normalized spacial score (nSPS) is 17.3. The largest absolute Gasteiger partial charge is 0.418 e. The molecule has 32 heavy (non-hydrogen) atoms. The number of para-hydroxylation sites is 1. The number of anilines is 1. The van der Waals surface area contributed by atoms with E-state index < -0.39 is 23.5 Å². The molecule has 1 aliphatic heterocycles. The van der Waals surface area contributed by atoms with Gasteiger partial charge in [0.25, 0.3) is 0 Å². The Morgan fingerprint density at radius 1 is 1.19 bits per heavy atom. The van der Waals surface area contributed by atoms with Gasteiger partial charge in [0.2, 0.25) is 17.6 Å². The van der Waals surface area contributed by atoms with E-state index >= 15 is 0 Å². The number of piperidine rings is 1. The second-order valence-corrected chi connectivity index (χ2v) is 7.63. The molecule has 0 radical (unpaired) electrons. The number of hydrogen-bond donors (Lipinski definition) is 1. The Labute approximate surface area is 181 Å². The fourth-order valence-corrected chi connectivity index (χ4v) is 3.78. The average molecular weight is 448 g/mol. The van der Waals surface area contributed by atoms with Gasteiger partial charge in [0.05, 0.1) is 23.7 Å². The van der Waals surface area contributed by atoms with Crippen LogP contribution in [0, 0.1) is 5.82 Å². The van der Waals surface area contributed by atoms with Crippen LogP contribution >= 0.6 is 0 Å². The summed E-state index contributed by atoms with van der Waals surface area (Å²) in [6.07, 6.45) is -3.04. The van der Waals surface area contributed by atoms with Crippen LogP contribution in [0.1, 0.15) is 30.2 Å². The first-order chi connectivity index (χ1) is 15.3. The molecule has 3 aromatic rings. The van der Waals surface area contributed by atoms with Crippen LogP contribution in [-0.2, 0) is 11.0 Å². The predicted molar refractivity (Wildman–Crippen MR) is 108 cm³/mol. The minimum Gasteiger partial charge on any atom is -0.339 e. The highest BCUT2D eigenvalue weighted by Gasteiger charge is 2.34. The lowest BCUT2D eigenvalue weighted by Gasteiger charge is -2.30. The van der Waals surface area contributed by atoms with Crippen LogP contribution in [-0.4, -0.2) is 40.6 Å². The van der Waals surface area contributed by atoms with Crippen LogP contribution in [0.5, 0.6) is 0 Å². The maximum absolute atomic E-state index is 13.4. The number of carbonyl (C=O) groups is 1. The van der Waals surface area contributed by atoms with E-state index in [1.165, 1.54) is 30.3 Å². The number of carbonyl (C=O) groups excluding carboxylic acids is 1. The lowest BCUT2D eigenvalue weighted by atomic mass is 9.98. The summed E-state index contributed by atoms with van der Waals surface area (Å²) in [5.41, 5.74) is -0.661. The van der Waals surface area contributed by atoms with Crippen LogP contribution in [0.15, 0.2) is 53.1 Å². The van der Waals surface area contributed by atoms with Gasteiger partial charge in [0.1, 0.15) is 5.82 Å². The predicted octanol–water partition coefficient (Wildman–Crippen LogP) is 4.71. The highest BCUT2D eigenvalue weighted by molar-refractivity contribution is 5.93. The number of nitrogens with one attached hydrogen (secondary N) is 1. The SMILES string of the molecule is O=C(CN1CCCC(c2nc(-c3cccc(F)c3)no2)C1)Nc1ccccc1C(F)(F)F. The monoisotopic (exact) mass is 448 g/mol. The molecule has 0 bridgehead atoms. The third-order valence-electron chi connectivity index (χ3n) is 5.25. The Morgan fingerprint density at radius 3 is 2.78 bits per heavy atom. The quantitative estimate of drug-likeness (QED) is 0.573. The van der Waals surface area contributed by atoms with Crippen molar-refractivity contribution in [3.8, 4) is 11.4 Å². The molecule has 1 fully saturated rings. The van der Waals surface area contributed by atoms with Crippen LogP contribution < -0.4 is 5.32 Å². The third kappa shape index (κ3) is 5.13. The van der Waals surface area contributed by atoms with E-state index in [1.54, 1.807) is 12.1 Å². The molecule has 2 aromatic carbocycles. The van der Waals surface area contributed by atoms with Gasteiger partial charge in [-0.05, 0) is 43.7 Å². The Kier molecular flexibility index (Phi) is 6.22. The van der Waals surface area contributed by atoms with Gasteiger partial charge < -0.3 is 9.84 Å². The summed E-state index contributed by atoms with van der Waals surface area (Å²) in [6.45, 7) is 1.00. The Hall–Kier alpha value is -3.27.